The quantitative estimate of drug-likeness (QED) is 0.459. The summed E-state index contributed by atoms with van der Waals surface area (Å²) in [7, 11) is 0. The first-order valence-corrected chi connectivity index (χ1v) is 12.2. The van der Waals surface area contributed by atoms with Crippen LogP contribution in [0.25, 0.3) is 31.9 Å². The molecule has 4 aliphatic heterocycles. The fourth-order valence-corrected chi connectivity index (χ4v) is 4.13. The van der Waals surface area contributed by atoms with Crippen molar-refractivity contribution in [2.75, 3.05) is 39.3 Å². The molecule has 0 bridgehead atoms. The summed E-state index contributed by atoms with van der Waals surface area (Å²) in [6.45, 7) is 4.40. The molecule has 4 rings (SSSR count). The van der Waals surface area contributed by atoms with Crippen molar-refractivity contribution in [2.24, 2.45) is 0 Å². The van der Waals surface area contributed by atoms with E-state index in [0.29, 0.717) is 31.4 Å². The van der Waals surface area contributed by atoms with E-state index in [9.17, 15) is 9.59 Å². The number of rotatable bonds is 6. The summed E-state index contributed by atoms with van der Waals surface area (Å²) in [5.74, 6) is -0.217. The number of hydrogen-bond donors (Lipinski definition) is 0. The molecule has 0 spiro atoms. The molecular formula is C24H36FeN6O2-6. The normalized spacial score (nSPS) is 26.9. The third-order valence-corrected chi connectivity index (χ3v) is 6.07. The van der Waals surface area contributed by atoms with Gasteiger partial charge in [0, 0.05) is 23.0 Å². The van der Waals surface area contributed by atoms with Crippen LogP contribution in [0.15, 0.2) is 23.9 Å². The van der Waals surface area contributed by atoms with Gasteiger partial charge in [-0.2, -0.15) is 12.1 Å². The first-order valence-electron chi connectivity index (χ1n) is 12.2. The molecule has 0 N–H and O–H groups in total. The molecule has 0 aliphatic carbocycles. The molecule has 4 aliphatic rings. The Bertz CT molecular complexity index is 639. The fraction of sp³-hybridized carbons (Fsp3) is 0.750. The Kier molecular flexibility index (Phi) is 13.7. The summed E-state index contributed by atoms with van der Waals surface area (Å²) in [5, 5.41) is 25.5. The van der Waals surface area contributed by atoms with Crippen LogP contribution in [0.1, 0.15) is 57.8 Å². The number of allylic oxidation sites excluding steroid dienone is 2. The van der Waals surface area contributed by atoms with E-state index in [1.165, 1.54) is 25.7 Å². The summed E-state index contributed by atoms with van der Waals surface area (Å²) >= 11 is 0. The number of amides is 2. The molecule has 188 valence electrons. The van der Waals surface area contributed by atoms with Crippen molar-refractivity contribution < 1.29 is 26.7 Å². The van der Waals surface area contributed by atoms with Crippen LogP contribution in [0.2, 0.25) is 0 Å². The van der Waals surface area contributed by atoms with E-state index in [4.69, 9.17) is 0 Å². The standard InChI is InChI=1S/C12H21N3O.C12H17N3O.Fe/c2*16-12(11-6-2-4-8-14-11)15-9-10-5-1-3-7-13-10;/h10-11H,1-9H2,(H,15,16);2,4,6,10H,1,3,5,7-9H2,(H,15,16);/q2*-2;/p-2. The van der Waals surface area contributed by atoms with Crippen LogP contribution in [0, 0.1) is 0 Å². The molecule has 0 aromatic rings. The Hall–Kier alpha value is -1.38. The second kappa shape index (κ2) is 16.3. The van der Waals surface area contributed by atoms with Gasteiger partial charge < -0.3 is 41.5 Å². The molecule has 3 saturated heterocycles. The van der Waals surface area contributed by atoms with E-state index in [1.54, 1.807) is 6.08 Å². The van der Waals surface area contributed by atoms with Crippen LogP contribution in [0.3, 0.4) is 0 Å². The molecule has 4 heterocycles. The van der Waals surface area contributed by atoms with E-state index in [-0.39, 0.29) is 41.0 Å². The second-order valence-corrected chi connectivity index (χ2v) is 8.67. The Morgan fingerprint density at radius 1 is 0.818 bits per heavy atom. The maximum atomic E-state index is 11.7. The first kappa shape index (κ1) is 27.9. The van der Waals surface area contributed by atoms with Gasteiger partial charge in [0.2, 0.25) is 0 Å². The topological polar surface area (TPSA) is 119 Å². The van der Waals surface area contributed by atoms with Crippen molar-refractivity contribution in [3.8, 4) is 0 Å². The Morgan fingerprint density at radius 2 is 1.42 bits per heavy atom. The maximum Gasteiger partial charge on any atom is 0.0594 e. The van der Waals surface area contributed by atoms with Gasteiger partial charge in [-0.3, -0.25) is 0 Å². The molecule has 9 heteroatoms. The zero-order valence-electron chi connectivity index (χ0n) is 19.4. The number of carbonyl (C=O) groups excluding carboxylic acids is 2. The predicted octanol–water partition coefficient (Wildman–Crippen LogP) is 5.38. The van der Waals surface area contributed by atoms with Crippen LogP contribution in [-0.4, -0.2) is 69.2 Å². The zero-order chi connectivity index (χ0) is 22.4. The van der Waals surface area contributed by atoms with Gasteiger partial charge in [0.15, 0.2) is 0 Å². The number of nitrogens with zero attached hydrogens (tertiary/aromatic N) is 6. The average Bonchev–Trinajstić information content (AvgIpc) is 2.88. The van der Waals surface area contributed by atoms with E-state index >= 15 is 0 Å². The summed E-state index contributed by atoms with van der Waals surface area (Å²) in [6, 6.07) is 0.399. The first-order chi connectivity index (χ1) is 15.7. The summed E-state index contributed by atoms with van der Waals surface area (Å²) in [5.41, 5.74) is 0.471. The molecule has 3 unspecified atom stereocenters. The summed E-state index contributed by atoms with van der Waals surface area (Å²) < 4.78 is 0. The SMILES string of the molecule is O=C([N-]CC1CCCC[N-]1)C1=CC=CC[N-]1.O=C([N-]CC1CCCC[N-]1)C1CCCC[N-]1.[Fe]. The van der Waals surface area contributed by atoms with Crippen molar-refractivity contribution in [1.29, 1.82) is 0 Å². The van der Waals surface area contributed by atoms with Gasteiger partial charge in [0.25, 0.3) is 0 Å². The molecule has 3 fully saturated rings. The van der Waals surface area contributed by atoms with Crippen LogP contribution < -0.4 is 0 Å². The minimum absolute atomic E-state index is 0. The minimum Gasteiger partial charge on any atom is -0.680 e. The van der Waals surface area contributed by atoms with Gasteiger partial charge >= 0.3 is 0 Å². The molecule has 3 atom stereocenters. The predicted molar refractivity (Wildman–Crippen MR) is 130 cm³/mol. The monoisotopic (exact) mass is 496 g/mol. The second-order valence-electron chi connectivity index (χ2n) is 8.67. The van der Waals surface area contributed by atoms with Gasteiger partial charge in [-0.1, -0.05) is 76.0 Å². The Morgan fingerprint density at radius 3 is 1.94 bits per heavy atom. The smallest absolute Gasteiger partial charge is 0.0594 e. The van der Waals surface area contributed by atoms with Gasteiger partial charge in [-0.15, -0.1) is 51.0 Å². The van der Waals surface area contributed by atoms with Gasteiger partial charge in [-0.25, -0.2) is 0 Å². The molecule has 8 nitrogen and oxygen atoms in total. The molecule has 0 radical (unpaired) electrons. The third kappa shape index (κ3) is 10.6. The van der Waals surface area contributed by atoms with E-state index in [0.717, 1.165) is 51.7 Å². The molecule has 0 saturated carbocycles. The number of hydrogen-bond acceptors (Lipinski definition) is 2. The van der Waals surface area contributed by atoms with Gasteiger partial charge in [-0.05, 0) is 0 Å². The van der Waals surface area contributed by atoms with Gasteiger partial charge in [0.05, 0.1) is 5.91 Å². The minimum atomic E-state index is -0.204. The van der Waals surface area contributed by atoms with Gasteiger partial charge in [0.1, 0.15) is 0 Å². The van der Waals surface area contributed by atoms with Crippen LogP contribution in [-0.2, 0) is 26.7 Å². The van der Waals surface area contributed by atoms with Crippen molar-refractivity contribution in [3.63, 3.8) is 0 Å². The number of piperidine rings is 3. The van der Waals surface area contributed by atoms with Crippen LogP contribution >= 0.6 is 0 Å². The average molecular weight is 496 g/mol. The summed E-state index contributed by atoms with van der Waals surface area (Å²) in [4.78, 5) is 23.4. The van der Waals surface area contributed by atoms with Crippen molar-refractivity contribution >= 4 is 11.8 Å². The summed E-state index contributed by atoms with van der Waals surface area (Å²) in [6.07, 6.45) is 15.6. The third-order valence-electron chi connectivity index (χ3n) is 6.07. The molecule has 2 amide bonds. The van der Waals surface area contributed by atoms with Crippen molar-refractivity contribution in [2.45, 2.75) is 75.9 Å². The maximum absolute atomic E-state index is 11.7. The van der Waals surface area contributed by atoms with Crippen LogP contribution in [0.5, 0.6) is 0 Å². The molecule has 0 aromatic heterocycles. The molecular weight excluding hydrogens is 460 g/mol. The van der Waals surface area contributed by atoms with Crippen molar-refractivity contribution in [3.05, 3.63) is 55.8 Å². The van der Waals surface area contributed by atoms with E-state index in [2.05, 4.69) is 31.9 Å². The Labute approximate surface area is 209 Å². The molecule has 33 heavy (non-hydrogen) atoms. The fourth-order valence-electron chi connectivity index (χ4n) is 4.13. The zero-order valence-corrected chi connectivity index (χ0v) is 20.5. The Balaban J connectivity index is 0.000000227. The van der Waals surface area contributed by atoms with Crippen molar-refractivity contribution in [1.82, 2.24) is 0 Å². The largest absolute Gasteiger partial charge is 0.680 e. The van der Waals surface area contributed by atoms with Crippen LogP contribution in [0.4, 0.5) is 0 Å². The number of carbonyl (C=O) groups is 2. The van der Waals surface area contributed by atoms with E-state index in [1.807, 2.05) is 12.2 Å². The molecule has 0 aromatic carbocycles. The van der Waals surface area contributed by atoms with E-state index < -0.39 is 0 Å².